The van der Waals surface area contributed by atoms with Crippen LogP contribution in [0.5, 0.6) is 0 Å². The maximum atomic E-state index is 14.1. The Balaban J connectivity index is 1.29. The van der Waals surface area contributed by atoms with E-state index in [0.29, 0.717) is 37.5 Å². The lowest BCUT2D eigenvalue weighted by molar-refractivity contribution is -0.138. The van der Waals surface area contributed by atoms with Gasteiger partial charge in [0.1, 0.15) is 6.04 Å². The number of nitrogens with zero attached hydrogens (tertiary/aromatic N) is 3. The van der Waals surface area contributed by atoms with Crippen molar-refractivity contribution in [2.45, 2.75) is 58.3 Å². The molecule has 2 heterocycles. The van der Waals surface area contributed by atoms with Gasteiger partial charge in [-0.05, 0) is 66.4 Å². The molecule has 1 saturated heterocycles. The van der Waals surface area contributed by atoms with E-state index in [4.69, 9.17) is 11.6 Å². The summed E-state index contributed by atoms with van der Waals surface area (Å²) >= 11 is 6.14. The maximum Gasteiger partial charge on any atom is 0.245 e. The van der Waals surface area contributed by atoms with Gasteiger partial charge < -0.3 is 20.4 Å². The minimum absolute atomic E-state index is 0.0275. The lowest BCUT2D eigenvalue weighted by Crippen LogP contribution is -2.58. The molecule has 0 aromatic heterocycles. The maximum absolute atomic E-state index is 14.1. The standard InChI is InChI=1S/C36H46ClN5O2/c1-4-40(5-2)25-34(31-13-9-6-10-26(31)3)41-18-20-42(21-19-41)36(44)33(22-27-14-16-30(37)17-15-27)39-35(43)32-23-28-11-7-8-12-29(28)24-38-32/h6-17,32-34,38H,4-5,18-25H2,1-3H3,(H,39,43). The number of halogens is 1. The monoisotopic (exact) mass is 615 g/mol. The van der Waals surface area contributed by atoms with Gasteiger partial charge in [-0.3, -0.25) is 14.5 Å². The molecule has 2 amide bonds. The number of rotatable bonds is 11. The van der Waals surface area contributed by atoms with Gasteiger partial charge in [0.2, 0.25) is 11.8 Å². The molecular formula is C36H46ClN5O2. The molecule has 5 rings (SSSR count). The highest BCUT2D eigenvalue weighted by atomic mass is 35.5. The first-order valence-corrected chi connectivity index (χ1v) is 16.4. The van der Waals surface area contributed by atoms with E-state index in [-0.39, 0.29) is 23.9 Å². The topological polar surface area (TPSA) is 67.9 Å². The summed E-state index contributed by atoms with van der Waals surface area (Å²) in [6, 6.07) is 23.6. The molecule has 44 heavy (non-hydrogen) atoms. The van der Waals surface area contributed by atoms with E-state index < -0.39 is 6.04 Å². The molecule has 8 heteroatoms. The Hall–Kier alpha value is -3.23. The van der Waals surface area contributed by atoms with Crippen molar-refractivity contribution in [1.29, 1.82) is 0 Å². The van der Waals surface area contributed by atoms with Crippen molar-refractivity contribution in [3.63, 3.8) is 0 Å². The van der Waals surface area contributed by atoms with Gasteiger partial charge in [-0.15, -0.1) is 0 Å². The third-order valence-electron chi connectivity index (χ3n) is 9.31. The second-order valence-electron chi connectivity index (χ2n) is 12.0. The van der Waals surface area contributed by atoms with Crippen LogP contribution in [-0.2, 0) is 29.0 Å². The zero-order valence-electron chi connectivity index (χ0n) is 26.3. The second-order valence-corrected chi connectivity index (χ2v) is 12.5. The summed E-state index contributed by atoms with van der Waals surface area (Å²) in [5.74, 6) is -0.162. The fourth-order valence-electron chi connectivity index (χ4n) is 6.54. The molecule has 2 aliphatic heterocycles. The molecule has 3 aromatic rings. The van der Waals surface area contributed by atoms with Gasteiger partial charge in [-0.25, -0.2) is 0 Å². The van der Waals surface area contributed by atoms with E-state index in [1.165, 1.54) is 22.3 Å². The van der Waals surface area contributed by atoms with Crippen LogP contribution in [0.1, 0.15) is 47.7 Å². The smallest absolute Gasteiger partial charge is 0.245 e. The van der Waals surface area contributed by atoms with E-state index in [9.17, 15) is 9.59 Å². The number of hydrogen-bond donors (Lipinski definition) is 2. The largest absolute Gasteiger partial charge is 0.343 e. The summed E-state index contributed by atoms with van der Waals surface area (Å²) < 4.78 is 0. The number of hydrogen-bond acceptors (Lipinski definition) is 5. The molecular weight excluding hydrogens is 570 g/mol. The van der Waals surface area contributed by atoms with Gasteiger partial charge in [0.25, 0.3) is 0 Å². The highest BCUT2D eigenvalue weighted by Crippen LogP contribution is 2.27. The van der Waals surface area contributed by atoms with E-state index in [1.807, 2.05) is 41.3 Å². The first-order valence-electron chi connectivity index (χ1n) is 16.0. The summed E-state index contributed by atoms with van der Waals surface area (Å²) in [5, 5.41) is 7.16. The molecule has 3 aromatic carbocycles. The molecule has 2 aliphatic rings. The van der Waals surface area contributed by atoms with Crippen LogP contribution in [0.2, 0.25) is 5.02 Å². The van der Waals surface area contributed by atoms with Crippen LogP contribution in [0.25, 0.3) is 0 Å². The average Bonchev–Trinajstić information content (AvgIpc) is 3.06. The first kappa shape index (κ1) is 32.2. The number of likely N-dealkylation sites (N-methyl/N-ethyl adjacent to an activating group) is 1. The summed E-state index contributed by atoms with van der Waals surface area (Å²) in [5.41, 5.74) is 6.01. The Kier molecular flexibility index (Phi) is 11.1. The van der Waals surface area contributed by atoms with Crippen LogP contribution < -0.4 is 10.6 Å². The minimum atomic E-state index is -0.656. The molecule has 0 spiro atoms. The molecule has 0 saturated carbocycles. The number of carbonyl (C=O) groups is 2. The number of amides is 2. The fraction of sp³-hybridized carbons (Fsp3) is 0.444. The minimum Gasteiger partial charge on any atom is -0.343 e. The van der Waals surface area contributed by atoms with Crippen molar-refractivity contribution in [1.82, 2.24) is 25.3 Å². The Morgan fingerprint density at radius 3 is 2.27 bits per heavy atom. The van der Waals surface area contributed by atoms with Crippen molar-refractivity contribution < 1.29 is 9.59 Å². The summed E-state index contributed by atoms with van der Waals surface area (Å²) in [7, 11) is 0. The Morgan fingerprint density at radius 2 is 1.59 bits per heavy atom. The number of benzene rings is 3. The molecule has 0 bridgehead atoms. The number of piperazine rings is 1. The van der Waals surface area contributed by atoms with Gasteiger partial charge >= 0.3 is 0 Å². The zero-order chi connectivity index (χ0) is 31.1. The first-order chi connectivity index (χ1) is 21.4. The lowest BCUT2D eigenvalue weighted by atomic mass is 9.95. The lowest BCUT2D eigenvalue weighted by Gasteiger charge is -2.42. The normalized spacial score (nSPS) is 18.5. The Morgan fingerprint density at radius 1 is 0.932 bits per heavy atom. The van der Waals surface area contributed by atoms with Crippen molar-refractivity contribution in [2.75, 3.05) is 45.8 Å². The van der Waals surface area contributed by atoms with Crippen LogP contribution in [0.4, 0.5) is 0 Å². The average molecular weight is 616 g/mol. The van der Waals surface area contributed by atoms with Gasteiger partial charge in [-0.2, -0.15) is 0 Å². The predicted molar refractivity (Wildman–Crippen MR) is 178 cm³/mol. The van der Waals surface area contributed by atoms with Crippen LogP contribution in [0.15, 0.2) is 72.8 Å². The molecule has 7 nitrogen and oxygen atoms in total. The van der Waals surface area contributed by atoms with Crippen molar-refractivity contribution in [2.24, 2.45) is 0 Å². The van der Waals surface area contributed by atoms with Crippen molar-refractivity contribution >= 4 is 23.4 Å². The number of nitrogens with one attached hydrogen (secondary N) is 2. The van der Waals surface area contributed by atoms with E-state index >= 15 is 0 Å². The van der Waals surface area contributed by atoms with Gasteiger partial charge in [0.15, 0.2) is 0 Å². The highest BCUT2D eigenvalue weighted by molar-refractivity contribution is 6.30. The summed E-state index contributed by atoms with van der Waals surface area (Å²) in [6.45, 7) is 13.0. The third-order valence-corrected chi connectivity index (χ3v) is 9.56. The SMILES string of the molecule is CCN(CC)CC(c1ccccc1C)N1CCN(C(=O)C(Cc2ccc(Cl)cc2)NC(=O)C2Cc3ccccc3CN2)CC1. The molecule has 1 fully saturated rings. The van der Waals surface area contributed by atoms with Gasteiger partial charge in [0.05, 0.1) is 6.04 Å². The van der Waals surface area contributed by atoms with Crippen LogP contribution in [0, 0.1) is 6.92 Å². The molecule has 3 atom stereocenters. The summed E-state index contributed by atoms with van der Waals surface area (Å²) in [6.07, 6.45) is 1.02. The molecule has 3 unspecified atom stereocenters. The van der Waals surface area contributed by atoms with Crippen molar-refractivity contribution in [3.8, 4) is 0 Å². The Bertz CT molecular complexity index is 1400. The van der Waals surface area contributed by atoms with E-state index in [1.54, 1.807) is 0 Å². The quantitative estimate of drug-likeness (QED) is 0.330. The Labute approximate surface area is 267 Å². The number of aryl methyl sites for hydroxylation is 1. The fourth-order valence-corrected chi connectivity index (χ4v) is 6.67. The number of carbonyl (C=O) groups excluding carboxylic acids is 2. The third kappa shape index (κ3) is 7.88. The number of fused-ring (bicyclic) bond motifs is 1. The second kappa shape index (κ2) is 15.2. The predicted octanol–water partition coefficient (Wildman–Crippen LogP) is 4.62. The zero-order valence-corrected chi connectivity index (χ0v) is 27.0. The van der Waals surface area contributed by atoms with Gasteiger partial charge in [-0.1, -0.05) is 86.1 Å². The molecule has 234 valence electrons. The van der Waals surface area contributed by atoms with Crippen LogP contribution in [-0.4, -0.2) is 84.4 Å². The summed E-state index contributed by atoms with van der Waals surface area (Å²) in [4.78, 5) is 34.6. The molecule has 0 radical (unpaired) electrons. The van der Waals surface area contributed by atoms with Crippen LogP contribution >= 0.6 is 11.6 Å². The van der Waals surface area contributed by atoms with E-state index in [2.05, 4.69) is 77.6 Å². The highest BCUT2D eigenvalue weighted by Gasteiger charge is 2.34. The van der Waals surface area contributed by atoms with Gasteiger partial charge in [0, 0.05) is 56.8 Å². The van der Waals surface area contributed by atoms with Crippen molar-refractivity contribution in [3.05, 3.63) is 106 Å². The molecule has 0 aliphatic carbocycles. The molecule has 2 N–H and O–H groups in total. The van der Waals surface area contributed by atoms with E-state index in [0.717, 1.165) is 38.3 Å². The van der Waals surface area contributed by atoms with Crippen LogP contribution in [0.3, 0.4) is 0 Å².